The van der Waals surface area contributed by atoms with Gasteiger partial charge in [0.25, 0.3) is 0 Å². The highest BCUT2D eigenvalue weighted by molar-refractivity contribution is 6.30. The van der Waals surface area contributed by atoms with Crippen molar-refractivity contribution < 1.29 is 14.6 Å². The molecular formula is C25H34ClNO3. The third-order valence-corrected chi connectivity index (χ3v) is 6.10. The number of rotatable bonds is 10. The van der Waals surface area contributed by atoms with Gasteiger partial charge >= 0.3 is 0 Å². The molecule has 2 atom stereocenters. The standard InChI is InChI=1S/C25H34ClNO3/c1-3-13-25(28,21-7-11-23(12-8-21)30-16-4-2)24(19-27-14-17-29-18-15-27)20-5-9-22(26)10-6-20/h5-12,24,28H,3-4,13-19H2,1-2H3. The van der Waals surface area contributed by atoms with E-state index in [0.717, 1.165) is 62.6 Å². The fraction of sp³-hybridized carbons (Fsp3) is 0.520. The van der Waals surface area contributed by atoms with E-state index in [1.807, 2.05) is 48.5 Å². The van der Waals surface area contributed by atoms with Gasteiger partial charge in [-0.3, -0.25) is 4.90 Å². The van der Waals surface area contributed by atoms with Crippen LogP contribution < -0.4 is 4.74 Å². The number of ether oxygens (including phenoxy) is 2. The highest BCUT2D eigenvalue weighted by Crippen LogP contribution is 2.42. The summed E-state index contributed by atoms with van der Waals surface area (Å²) in [6.45, 7) is 8.94. The Morgan fingerprint density at radius 1 is 1.03 bits per heavy atom. The van der Waals surface area contributed by atoms with Gasteiger partial charge in [0.05, 0.1) is 25.4 Å². The molecule has 4 nitrogen and oxygen atoms in total. The summed E-state index contributed by atoms with van der Waals surface area (Å²) in [5.41, 5.74) is 1.05. The molecule has 0 amide bonds. The summed E-state index contributed by atoms with van der Waals surface area (Å²) in [5, 5.41) is 12.8. The van der Waals surface area contributed by atoms with Crippen molar-refractivity contribution in [2.24, 2.45) is 0 Å². The normalized spacial score (nSPS) is 18.0. The molecule has 1 N–H and O–H groups in total. The first kappa shape index (κ1) is 23.1. The minimum Gasteiger partial charge on any atom is -0.494 e. The van der Waals surface area contributed by atoms with Crippen molar-refractivity contribution in [3.8, 4) is 5.75 Å². The van der Waals surface area contributed by atoms with E-state index in [1.165, 1.54) is 0 Å². The van der Waals surface area contributed by atoms with Gasteiger partial charge in [0, 0.05) is 30.6 Å². The average molecular weight is 432 g/mol. The van der Waals surface area contributed by atoms with Crippen LogP contribution in [0.2, 0.25) is 5.02 Å². The first-order chi connectivity index (χ1) is 14.6. The molecule has 30 heavy (non-hydrogen) atoms. The van der Waals surface area contributed by atoms with E-state index in [1.54, 1.807) is 0 Å². The topological polar surface area (TPSA) is 41.9 Å². The number of morpholine rings is 1. The molecule has 2 aromatic carbocycles. The first-order valence-electron chi connectivity index (χ1n) is 11.1. The van der Waals surface area contributed by atoms with Crippen molar-refractivity contribution in [3.05, 3.63) is 64.7 Å². The van der Waals surface area contributed by atoms with Gasteiger partial charge < -0.3 is 14.6 Å². The molecule has 2 unspecified atom stereocenters. The number of halogens is 1. The predicted molar refractivity (Wildman–Crippen MR) is 122 cm³/mol. The summed E-state index contributed by atoms with van der Waals surface area (Å²) < 4.78 is 11.3. The summed E-state index contributed by atoms with van der Waals surface area (Å²) in [7, 11) is 0. The van der Waals surface area contributed by atoms with E-state index in [2.05, 4.69) is 18.7 Å². The molecule has 0 radical (unpaired) electrons. The molecule has 0 spiro atoms. The molecule has 0 bridgehead atoms. The van der Waals surface area contributed by atoms with Crippen LogP contribution in [0.15, 0.2) is 48.5 Å². The van der Waals surface area contributed by atoms with Gasteiger partial charge in [0.15, 0.2) is 0 Å². The maximum Gasteiger partial charge on any atom is 0.119 e. The lowest BCUT2D eigenvalue weighted by atomic mass is 9.74. The molecular weight excluding hydrogens is 398 g/mol. The van der Waals surface area contributed by atoms with Crippen LogP contribution in [0.4, 0.5) is 0 Å². The molecule has 0 aliphatic carbocycles. The second-order valence-electron chi connectivity index (χ2n) is 8.06. The van der Waals surface area contributed by atoms with Gasteiger partial charge in [-0.2, -0.15) is 0 Å². The molecule has 1 aliphatic heterocycles. The molecule has 164 valence electrons. The predicted octanol–water partition coefficient (Wildman–Crippen LogP) is 5.23. The maximum atomic E-state index is 12.1. The van der Waals surface area contributed by atoms with Crippen LogP contribution in [0.25, 0.3) is 0 Å². The fourth-order valence-corrected chi connectivity index (χ4v) is 4.36. The van der Waals surface area contributed by atoms with Crippen LogP contribution in [0.1, 0.15) is 50.2 Å². The SMILES string of the molecule is CCCOc1ccc(C(O)(CCC)C(CN2CCOCC2)c2ccc(Cl)cc2)cc1. The lowest BCUT2D eigenvalue weighted by Crippen LogP contribution is -2.45. The quantitative estimate of drug-likeness (QED) is 0.559. The fourth-order valence-electron chi connectivity index (χ4n) is 4.23. The third kappa shape index (κ3) is 5.76. The Labute approximate surface area is 185 Å². The Balaban J connectivity index is 1.95. The molecule has 2 aromatic rings. The molecule has 1 fully saturated rings. The van der Waals surface area contributed by atoms with Crippen LogP contribution in [-0.2, 0) is 10.3 Å². The van der Waals surface area contributed by atoms with E-state index in [-0.39, 0.29) is 5.92 Å². The molecule has 3 rings (SSSR count). The molecule has 0 saturated carbocycles. The zero-order valence-corrected chi connectivity index (χ0v) is 18.9. The molecule has 1 aliphatic rings. The zero-order valence-electron chi connectivity index (χ0n) is 18.1. The van der Waals surface area contributed by atoms with Crippen LogP contribution >= 0.6 is 11.6 Å². The second-order valence-corrected chi connectivity index (χ2v) is 8.50. The van der Waals surface area contributed by atoms with E-state index in [0.29, 0.717) is 18.1 Å². The summed E-state index contributed by atoms with van der Waals surface area (Å²) >= 11 is 6.16. The van der Waals surface area contributed by atoms with Gasteiger partial charge in [-0.15, -0.1) is 0 Å². The molecule has 1 saturated heterocycles. The van der Waals surface area contributed by atoms with Crippen LogP contribution in [-0.4, -0.2) is 49.5 Å². The maximum absolute atomic E-state index is 12.1. The van der Waals surface area contributed by atoms with Crippen LogP contribution in [0, 0.1) is 0 Å². The van der Waals surface area contributed by atoms with E-state index in [4.69, 9.17) is 21.1 Å². The van der Waals surface area contributed by atoms with Crippen molar-refractivity contribution in [1.82, 2.24) is 4.90 Å². The van der Waals surface area contributed by atoms with Crippen LogP contribution in [0.5, 0.6) is 5.75 Å². The zero-order chi connectivity index (χ0) is 21.4. The molecule has 5 heteroatoms. The third-order valence-electron chi connectivity index (χ3n) is 5.85. The summed E-state index contributed by atoms with van der Waals surface area (Å²) in [6, 6.07) is 15.9. The lowest BCUT2D eigenvalue weighted by molar-refractivity contribution is -0.0285. The van der Waals surface area contributed by atoms with Gasteiger partial charge in [0.1, 0.15) is 5.75 Å². The lowest BCUT2D eigenvalue weighted by Gasteiger charge is -2.41. The highest BCUT2D eigenvalue weighted by Gasteiger charge is 2.39. The average Bonchev–Trinajstić information content (AvgIpc) is 2.78. The molecule has 0 aromatic heterocycles. The Morgan fingerprint density at radius 3 is 2.30 bits per heavy atom. The van der Waals surface area contributed by atoms with Gasteiger partial charge in [0.2, 0.25) is 0 Å². The Kier molecular flexibility index (Phi) is 8.58. The van der Waals surface area contributed by atoms with E-state index in [9.17, 15) is 5.11 Å². The first-order valence-corrected chi connectivity index (χ1v) is 11.5. The molecule has 1 heterocycles. The summed E-state index contributed by atoms with van der Waals surface area (Å²) in [4.78, 5) is 2.39. The smallest absolute Gasteiger partial charge is 0.119 e. The van der Waals surface area contributed by atoms with Crippen molar-refractivity contribution >= 4 is 11.6 Å². The Morgan fingerprint density at radius 2 is 1.70 bits per heavy atom. The van der Waals surface area contributed by atoms with E-state index < -0.39 is 5.60 Å². The second kappa shape index (κ2) is 11.1. The summed E-state index contributed by atoms with van der Waals surface area (Å²) in [6.07, 6.45) is 2.54. The Bertz CT molecular complexity index is 759. The van der Waals surface area contributed by atoms with Crippen molar-refractivity contribution in [1.29, 1.82) is 0 Å². The van der Waals surface area contributed by atoms with Gasteiger partial charge in [-0.25, -0.2) is 0 Å². The monoisotopic (exact) mass is 431 g/mol. The number of hydrogen-bond donors (Lipinski definition) is 1. The minimum atomic E-state index is -0.982. The Hall–Kier alpha value is -1.59. The largest absolute Gasteiger partial charge is 0.494 e. The number of aliphatic hydroxyl groups is 1. The van der Waals surface area contributed by atoms with Crippen molar-refractivity contribution in [3.63, 3.8) is 0 Å². The van der Waals surface area contributed by atoms with Crippen LogP contribution in [0.3, 0.4) is 0 Å². The summed E-state index contributed by atoms with van der Waals surface area (Å²) in [5.74, 6) is 0.769. The highest BCUT2D eigenvalue weighted by atomic mass is 35.5. The van der Waals surface area contributed by atoms with Gasteiger partial charge in [-0.05, 0) is 48.2 Å². The minimum absolute atomic E-state index is 0.0739. The van der Waals surface area contributed by atoms with Gasteiger partial charge in [-0.1, -0.05) is 56.1 Å². The number of benzene rings is 2. The number of nitrogens with zero attached hydrogens (tertiary/aromatic N) is 1. The van der Waals surface area contributed by atoms with Crippen molar-refractivity contribution in [2.45, 2.75) is 44.6 Å². The van der Waals surface area contributed by atoms with Crippen molar-refractivity contribution in [2.75, 3.05) is 39.5 Å². The number of hydrogen-bond acceptors (Lipinski definition) is 4. The van der Waals surface area contributed by atoms with E-state index >= 15 is 0 Å².